The van der Waals surface area contributed by atoms with E-state index in [1.165, 1.54) is 6.26 Å². The molecule has 11 heavy (non-hydrogen) atoms. The second-order valence-corrected chi connectivity index (χ2v) is 1.66. The third kappa shape index (κ3) is 4.87. The molecule has 0 unspecified atom stereocenters. The van der Waals surface area contributed by atoms with Crippen molar-refractivity contribution in [3.8, 4) is 18.4 Å². The third-order valence-electron chi connectivity index (χ3n) is 0.869. The molecule has 0 amide bonds. The van der Waals surface area contributed by atoms with Crippen molar-refractivity contribution >= 4 is 0 Å². The maximum absolute atomic E-state index is 8.45. The molecule has 58 valence electrons. The molecule has 0 rings (SSSR count). The van der Waals surface area contributed by atoms with Gasteiger partial charge in [-0.05, 0) is 6.92 Å². The number of terminal acetylenes is 1. The van der Waals surface area contributed by atoms with E-state index in [2.05, 4.69) is 11.2 Å². The zero-order chi connectivity index (χ0) is 8.53. The maximum Gasteiger partial charge on any atom is 0.149 e. The number of hydrogen-bond donors (Lipinski definition) is 1. The topological polar surface area (TPSA) is 45.0 Å². The predicted molar refractivity (Wildman–Crippen MR) is 42.2 cm³/mol. The first-order chi connectivity index (χ1) is 5.35. The Balaban J connectivity index is 3.79. The summed E-state index contributed by atoms with van der Waals surface area (Å²) in [5.41, 5.74) is 0.352. The fraction of sp³-hybridized carbons (Fsp3) is 0.375. The van der Waals surface area contributed by atoms with Crippen LogP contribution < -0.4 is 5.32 Å². The van der Waals surface area contributed by atoms with Crippen molar-refractivity contribution in [3.05, 3.63) is 12.0 Å². The van der Waals surface area contributed by atoms with Gasteiger partial charge in [-0.1, -0.05) is 5.92 Å². The van der Waals surface area contributed by atoms with Gasteiger partial charge in [-0.2, -0.15) is 5.26 Å². The van der Waals surface area contributed by atoms with Crippen molar-refractivity contribution in [3.63, 3.8) is 0 Å². The molecule has 0 saturated heterocycles. The van der Waals surface area contributed by atoms with Gasteiger partial charge in [-0.15, -0.1) is 6.42 Å². The van der Waals surface area contributed by atoms with Crippen LogP contribution in [0.5, 0.6) is 0 Å². The molecule has 0 atom stereocenters. The van der Waals surface area contributed by atoms with Crippen LogP contribution in [0.25, 0.3) is 0 Å². The van der Waals surface area contributed by atoms with Crippen LogP contribution in [0.2, 0.25) is 0 Å². The third-order valence-corrected chi connectivity index (χ3v) is 0.869. The minimum absolute atomic E-state index is 0.340. The Morgan fingerprint density at radius 1 is 1.82 bits per heavy atom. The smallest absolute Gasteiger partial charge is 0.149 e. The van der Waals surface area contributed by atoms with Crippen LogP contribution >= 0.6 is 0 Å². The second kappa shape index (κ2) is 6.51. The highest BCUT2D eigenvalue weighted by atomic mass is 16.5. The summed E-state index contributed by atoms with van der Waals surface area (Å²) in [6.45, 7) is 2.72. The summed E-state index contributed by atoms with van der Waals surface area (Å²) in [5.74, 6) is 2.35. The first-order valence-electron chi connectivity index (χ1n) is 3.24. The van der Waals surface area contributed by atoms with E-state index in [0.717, 1.165) is 0 Å². The molecule has 0 fully saturated rings. The average Bonchev–Trinajstić information content (AvgIpc) is 2.05. The van der Waals surface area contributed by atoms with Crippen LogP contribution in [0.3, 0.4) is 0 Å². The van der Waals surface area contributed by atoms with Crippen LogP contribution in [-0.2, 0) is 4.74 Å². The molecule has 0 aromatic rings. The number of ether oxygens (including phenoxy) is 1. The molecular formula is C8H10N2O. The summed E-state index contributed by atoms with van der Waals surface area (Å²) in [4.78, 5) is 0. The summed E-state index contributed by atoms with van der Waals surface area (Å²) in [7, 11) is 0. The number of rotatable bonds is 4. The van der Waals surface area contributed by atoms with Crippen LogP contribution in [-0.4, -0.2) is 13.2 Å². The van der Waals surface area contributed by atoms with Crippen LogP contribution in [0.1, 0.15) is 6.92 Å². The van der Waals surface area contributed by atoms with E-state index in [9.17, 15) is 0 Å². The molecule has 0 radical (unpaired) electrons. The average molecular weight is 150 g/mol. The summed E-state index contributed by atoms with van der Waals surface area (Å²) in [6.07, 6.45) is 6.33. The molecule has 0 spiro atoms. The lowest BCUT2D eigenvalue weighted by atomic mass is 10.5. The fourth-order valence-corrected chi connectivity index (χ4v) is 0.420. The van der Waals surface area contributed by atoms with E-state index in [0.29, 0.717) is 18.8 Å². The van der Waals surface area contributed by atoms with E-state index in [4.69, 9.17) is 16.4 Å². The molecule has 3 heteroatoms. The SMILES string of the molecule is C#CCNC(C#N)=COCC. The van der Waals surface area contributed by atoms with Gasteiger partial charge in [0.25, 0.3) is 0 Å². The van der Waals surface area contributed by atoms with Crippen molar-refractivity contribution in [1.82, 2.24) is 5.32 Å². The maximum atomic E-state index is 8.45. The Morgan fingerprint density at radius 3 is 3.00 bits per heavy atom. The number of nitrogens with one attached hydrogen (secondary N) is 1. The molecule has 0 aromatic carbocycles. The van der Waals surface area contributed by atoms with Crippen LogP contribution in [0, 0.1) is 23.7 Å². The van der Waals surface area contributed by atoms with Crippen molar-refractivity contribution in [2.75, 3.05) is 13.2 Å². The normalized spacial score (nSPS) is 9.55. The van der Waals surface area contributed by atoms with Crippen molar-refractivity contribution in [2.45, 2.75) is 6.92 Å². The standard InChI is InChI=1S/C8H10N2O/c1-3-5-10-8(6-9)7-11-4-2/h1,7,10H,4-5H2,2H3. The van der Waals surface area contributed by atoms with Gasteiger partial charge >= 0.3 is 0 Å². The Morgan fingerprint density at radius 2 is 2.55 bits per heavy atom. The van der Waals surface area contributed by atoms with E-state index in [1.54, 1.807) is 0 Å². The molecule has 3 nitrogen and oxygen atoms in total. The Labute approximate surface area is 66.7 Å². The quantitative estimate of drug-likeness (QED) is 0.363. The monoisotopic (exact) mass is 150 g/mol. The lowest BCUT2D eigenvalue weighted by Crippen LogP contribution is -2.12. The van der Waals surface area contributed by atoms with Crippen LogP contribution in [0.15, 0.2) is 12.0 Å². The number of nitriles is 1. The molecule has 0 heterocycles. The van der Waals surface area contributed by atoms with Gasteiger partial charge in [0.2, 0.25) is 0 Å². The zero-order valence-corrected chi connectivity index (χ0v) is 6.42. The Hall–Kier alpha value is -1.61. The molecule has 0 saturated carbocycles. The summed E-state index contributed by atoms with van der Waals surface area (Å²) < 4.78 is 4.87. The molecule has 0 aliphatic heterocycles. The summed E-state index contributed by atoms with van der Waals surface area (Å²) >= 11 is 0. The van der Waals surface area contributed by atoms with E-state index < -0.39 is 0 Å². The molecule has 0 aliphatic rings. The highest BCUT2D eigenvalue weighted by Crippen LogP contribution is 1.86. The summed E-state index contributed by atoms with van der Waals surface area (Å²) in [6, 6.07) is 1.90. The van der Waals surface area contributed by atoms with Gasteiger partial charge in [0.1, 0.15) is 18.0 Å². The van der Waals surface area contributed by atoms with E-state index >= 15 is 0 Å². The highest BCUT2D eigenvalue weighted by molar-refractivity contribution is 5.17. The highest BCUT2D eigenvalue weighted by Gasteiger charge is 1.89. The van der Waals surface area contributed by atoms with Crippen molar-refractivity contribution in [1.29, 1.82) is 5.26 Å². The fourth-order valence-electron chi connectivity index (χ4n) is 0.420. The van der Waals surface area contributed by atoms with Crippen LogP contribution in [0.4, 0.5) is 0 Å². The van der Waals surface area contributed by atoms with E-state index in [-0.39, 0.29) is 0 Å². The van der Waals surface area contributed by atoms with Crippen molar-refractivity contribution < 1.29 is 4.74 Å². The van der Waals surface area contributed by atoms with Crippen molar-refractivity contribution in [2.24, 2.45) is 0 Å². The van der Waals surface area contributed by atoms with Gasteiger partial charge < -0.3 is 10.1 Å². The molecule has 0 aliphatic carbocycles. The van der Waals surface area contributed by atoms with Gasteiger partial charge in [-0.3, -0.25) is 0 Å². The number of nitrogens with zero attached hydrogens (tertiary/aromatic N) is 1. The minimum atomic E-state index is 0.340. The minimum Gasteiger partial charge on any atom is -0.499 e. The molecule has 0 aromatic heterocycles. The van der Waals surface area contributed by atoms with Gasteiger partial charge in [0, 0.05) is 0 Å². The molecule has 0 bridgehead atoms. The summed E-state index contributed by atoms with van der Waals surface area (Å²) in [5, 5.41) is 11.1. The number of hydrogen-bond acceptors (Lipinski definition) is 3. The zero-order valence-electron chi connectivity index (χ0n) is 6.42. The predicted octanol–water partition coefficient (Wildman–Crippen LogP) is 0.611. The first kappa shape index (κ1) is 9.39. The van der Waals surface area contributed by atoms with Gasteiger partial charge in [0.15, 0.2) is 0 Å². The van der Waals surface area contributed by atoms with Gasteiger partial charge in [0.05, 0.1) is 13.2 Å². The Kier molecular flexibility index (Phi) is 5.56. The molecule has 1 N–H and O–H groups in total. The first-order valence-corrected chi connectivity index (χ1v) is 3.24. The molecular weight excluding hydrogens is 140 g/mol. The lowest BCUT2D eigenvalue weighted by molar-refractivity contribution is 0.265. The van der Waals surface area contributed by atoms with Gasteiger partial charge in [-0.25, -0.2) is 0 Å². The van der Waals surface area contributed by atoms with E-state index in [1.807, 2.05) is 13.0 Å². The largest absolute Gasteiger partial charge is 0.499 e. The second-order valence-electron chi connectivity index (χ2n) is 1.66. The lowest BCUT2D eigenvalue weighted by Gasteiger charge is -1.98. The Bertz CT molecular complexity index is 207. The number of allylic oxidation sites excluding steroid dienone is 1.